The number of carbonyl (C=O) groups excluding carboxylic acids is 1. The Hall–Kier alpha value is -4.20. The number of amides is 1. The van der Waals surface area contributed by atoms with Gasteiger partial charge >= 0.3 is 0 Å². The van der Waals surface area contributed by atoms with Gasteiger partial charge in [0.15, 0.2) is 5.82 Å². The summed E-state index contributed by atoms with van der Waals surface area (Å²) in [5.74, 6) is 0.617. The molecule has 2 aromatic carbocycles. The number of carbonyl (C=O) groups is 1. The molecule has 0 saturated carbocycles. The van der Waals surface area contributed by atoms with Gasteiger partial charge in [-0.3, -0.25) is 9.48 Å². The number of anilines is 2. The molecule has 0 aliphatic heterocycles. The molecule has 0 fully saturated rings. The van der Waals surface area contributed by atoms with Crippen molar-refractivity contribution in [3.63, 3.8) is 0 Å². The highest BCUT2D eigenvalue weighted by Gasteiger charge is 2.21. The molecular weight excluding hydrogens is 414 g/mol. The molecule has 3 aromatic heterocycles. The highest BCUT2D eigenvalue weighted by atomic mass is 16.2. The fraction of sp³-hybridized carbons (Fsp3) is 0.200. The van der Waals surface area contributed by atoms with Crippen molar-refractivity contribution in [1.29, 1.82) is 0 Å². The van der Waals surface area contributed by atoms with Crippen molar-refractivity contribution in [3.05, 3.63) is 83.9 Å². The summed E-state index contributed by atoms with van der Waals surface area (Å²) < 4.78 is 3.72. The molecule has 0 atom stereocenters. The minimum atomic E-state index is -0.0458. The molecule has 166 valence electrons. The summed E-state index contributed by atoms with van der Waals surface area (Å²) in [7, 11) is 3.50. The molecule has 0 saturated heterocycles. The largest absolute Gasteiger partial charge is 0.345 e. The summed E-state index contributed by atoms with van der Waals surface area (Å²) in [4.78, 5) is 18.7. The Bertz CT molecular complexity index is 1450. The van der Waals surface area contributed by atoms with Crippen LogP contribution in [0, 0.1) is 0 Å². The first kappa shape index (κ1) is 20.7. The fourth-order valence-corrected chi connectivity index (χ4v) is 4.13. The predicted molar refractivity (Wildman–Crippen MR) is 129 cm³/mol. The zero-order valence-corrected chi connectivity index (χ0v) is 18.9. The average Bonchev–Trinajstić information content (AvgIpc) is 3.40. The molecule has 0 unspecified atom stereocenters. The van der Waals surface area contributed by atoms with Crippen LogP contribution in [-0.4, -0.2) is 49.3 Å². The topological polar surface area (TPSA) is 80.3 Å². The van der Waals surface area contributed by atoms with Crippen LogP contribution in [0.2, 0.25) is 0 Å². The summed E-state index contributed by atoms with van der Waals surface area (Å²) in [5.41, 5.74) is 5.54. The van der Waals surface area contributed by atoms with Crippen molar-refractivity contribution in [2.75, 3.05) is 19.4 Å². The van der Waals surface area contributed by atoms with Gasteiger partial charge in [0.1, 0.15) is 11.8 Å². The standard InChI is InChI=1S/C25H25N7O/c1-4-20-21(25(33)30(2)3)15-32-23(20)24(26-16-28-32)29-19-10-11-22-18(12-19)13-27-31(22)14-17-8-6-5-7-9-17/h5-13,15-16H,4,14H2,1-3H3,(H,26,28,29). The zero-order chi connectivity index (χ0) is 22.9. The molecule has 5 rings (SSSR count). The molecule has 0 radical (unpaired) electrons. The van der Waals surface area contributed by atoms with Gasteiger partial charge in [-0.2, -0.15) is 10.2 Å². The van der Waals surface area contributed by atoms with Crippen molar-refractivity contribution >= 4 is 33.8 Å². The first-order valence-electron chi connectivity index (χ1n) is 10.9. The molecular formula is C25H25N7O. The van der Waals surface area contributed by atoms with Crippen LogP contribution in [0.3, 0.4) is 0 Å². The number of fused-ring (bicyclic) bond motifs is 2. The second-order valence-corrected chi connectivity index (χ2v) is 8.16. The maximum Gasteiger partial charge on any atom is 0.255 e. The van der Waals surface area contributed by atoms with E-state index in [4.69, 9.17) is 0 Å². The van der Waals surface area contributed by atoms with Crippen molar-refractivity contribution in [2.24, 2.45) is 0 Å². The summed E-state index contributed by atoms with van der Waals surface area (Å²) in [6.45, 7) is 2.75. The third-order valence-corrected chi connectivity index (χ3v) is 5.75. The molecule has 0 aliphatic carbocycles. The first-order valence-corrected chi connectivity index (χ1v) is 10.9. The Morgan fingerprint density at radius 2 is 1.91 bits per heavy atom. The normalized spacial score (nSPS) is 11.2. The third kappa shape index (κ3) is 3.80. The Labute approximate surface area is 191 Å². The van der Waals surface area contributed by atoms with Gasteiger partial charge in [-0.05, 0) is 35.7 Å². The summed E-state index contributed by atoms with van der Waals surface area (Å²) in [6.07, 6.45) is 5.84. The van der Waals surface area contributed by atoms with E-state index in [2.05, 4.69) is 44.8 Å². The van der Waals surface area contributed by atoms with Crippen LogP contribution in [0.4, 0.5) is 11.5 Å². The van der Waals surface area contributed by atoms with Crippen LogP contribution in [0.5, 0.6) is 0 Å². The Kier molecular flexibility index (Phi) is 5.26. The number of aromatic nitrogens is 5. The van der Waals surface area contributed by atoms with Crippen LogP contribution < -0.4 is 5.32 Å². The monoisotopic (exact) mass is 439 g/mol. The van der Waals surface area contributed by atoms with Crippen molar-refractivity contribution in [1.82, 2.24) is 29.3 Å². The van der Waals surface area contributed by atoms with Crippen molar-refractivity contribution in [3.8, 4) is 0 Å². The molecule has 1 amide bonds. The quantitative estimate of drug-likeness (QED) is 0.430. The van der Waals surface area contributed by atoms with E-state index in [1.807, 2.05) is 42.1 Å². The highest BCUT2D eigenvalue weighted by molar-refractivity contribution is 5.99. The van der Waals surface area contributed by atoms with Crippen LogP contribution in [0.25, 0.3) is 16.4 Å². The van der Waals surface area contributed by atoms with Gasteiger partial charge in [0.2, 0.25) is 0 Å². The Morgan fingerprint density at radius 3 is 2.67 bits per heavy atom. The molecule has 0 bridgehead atoms. The van der Waals surface area contributed by atoms with E-state index in [0.717, 1.165) is 34.2 Å². The minimum Gasteiger partial charge on any atom is -0.345 e. The number of hydrogen-bond donors (Lipinski definition) is 1. The molecule has 5 aromatic rings. The van der Waals surface area contributed by atoms with Gasteiger partial charge in [-0.25, -0.2) is 9.50 Å². The minimum absolute atomic E-state index is 0.0458. The second kappa shape index (κ2) is 8.38. The Balaban J connectivity index is 1.49. The summed E-state index contributed by atoms with van der Waals surface area (Å²) in [5, 5.41) is 13.4. The van der Waals surface area contributed by atoms with Crippen LogP contribution >= 0.6 is 0 Å². The summed E-state index contributed by atoms with van der Waals surface area (Å²) in [6, 6.07) is 16.4. The van der Waals surface area contributed by atoms with E-state index < -0.39 is 0 Å². The average molecular weight is 440 g/mol. The molecule has 0 spiro atoms. The van der Waals surface area contributed by atoms with Gasteiger partial charge in [0.25, 0.3) is 5.91 Å². The van der Waals surface area contributed by atoms with Crippen molar-refractivity contribution in [2.45, 2.75) is 19.9 Å². The first-order chi connectivity index (χ1) is 16.0. The number of nitrogens with one attached hydrogen (secondary N) is 1. The molecule has 3 heterocycles. The van der Waals surface area contributed by atoms with Crippen LogP contribution in [0.1, 0.15) is 28.4 Å². The maximum atomic E-state index is 12.7. The molecule has 1 N–H and O–H groups in total. The van der Waals surface area contributed by atoms with E-state index in [0.29, 0.717) is 17.8 Å². The smallest absolute Gasteiger partial charge is 0.255 e. The lowest BCUT2D eigenvalue weighted by molar-refractivity contribution is 0.0826. The molecule has 8 nitrogen and oxygen atoms in total. The van der Waals surface area contributed by atoms with E-state index in [1.54, 1.807) is 29.7 Å². The third-order valence-electron chi connectivity index (χ3n) is 5.75. The Morgan fingerprint density at radius 1 is 1.09 bits per heavy atom. The zero-order valence-electron chi connectivity index (χ0n) is 18.9. The van der Waals surface area contributed by atoms with E-state index in [-0.39, 0.29) is 5.91 Å². The van der Waals surface area contributed by atoms with Gasteiger partial charge in [-0.15, -0.1) is 0 Å². The van der Waals surface area contributed by atoms with Gasteiger partial charge in [-0.1, -0.05) is 37.3 Å². The van der Waals surface area contributed by atoms with E-state index >= 15 is 0 Å². The fourth-order valence-electron chi connectivity index (χ4n) is 4.13. The van der Waals surface area contributed by atoms with Crippen molar-refractivity contribution < 1.29 is 4.79 Å². The van der Waals surface area contributed by atoms with E-state index in [9.17, 15) is 4.79 Å². The van der Waals surface area contributed by atoms with Crippen LogP contribution in [0.15, 0.2) is 67.3 Å². The van der Waals surface area contributed by atoms with Gasteiger partial charge in [0.05, 0.1) is 23.8 Å². The summed E-state index contributed by atoms with van der Waals surface area (Å²) >= 11 is 0. The number of aryl methyl sites for hydroxylation is 1. The highest BCUT2D eigenvalue weighted by Crippen LogP contribution is 2.28. The number of rotatable bonds is 6. The predicted octanol–water partition coefficient (Wildman–Crippen LogP) is 4.14. The van der Waals surface area contributed by atoms with Gasteiger partial charge in [0, 0.05) is 31.4 Å². The van der Waals surface area contributed by atoms with Gasteiger partial charge < -0.3 is 10.2 Å². The van der Waals surface area contributed by atoms with Crippen LogP contribution in [-0.2, 0) is 13.0 Å². The van der Waals surface area contributed by atoms with E-state index in [1.165, 1.54) is 11.9 Å². The maximum absolute atomic E-state index is 12.7. The number of nitrogens with zero attached hydrogens (tertiary/aromatic N) is 6. The molecule has 8 heteroatoms. The lowest BCUT2D eigenvalue weighted by atomic mass is 10.1. The lowest BCUT2D eigenvalue weighted by Crippen LogP contribution is -2.22. The SMILES string of the molecule is CCc1c(C(=O)N(C)C)cn2ncnc(Nc3ccc4c(cnn4Cc4ccccc4)c3)c12. The number of benzene rings is 2. The second-order valence-electron chi connectivity index (χ2n) is 8.16. The molecule has 0 aliphatic rings. The number of hydrogen-bond acceptors (Lipinski definition) is 5. The molecule has 33 heavy (non-hydrogen) atoms. The lowest BCUT2D eigenvalue weighted by Gasteiger charge is -2.11.